The number of primary amides is 1. The molecule has 100 valence electrons. The maximum atomic E-state index is 13.4. The van der Waals surface area contributed by atoms with Crippen molar-refractivity contribution in [2.24, 2.45) is 11.1 Å². The normalized spacial score (nSPS) is 13.4. The molecule has 18 heavy (non-hydrogen) atoms. The summed E-state index contributed by atoms with van der Waals surface area (Å²) >= 11 is 0. The van der Waals surface area contributed by atoms with Crippen LogP contribution in [-0.4, -0.2) is 11.9 Å². The van der Waals surface area contributed by atoms with Gasteiger partial charge in [-0.2, -0.15) is 0 Å². The number of carbonyl (C=O) groups is 1. The van der Waals surface area contributed by atoms with E-state index in [1.807, 2.05) is 20.8 Å². The lowest BCUT2D eigenvalue weighted by Gasteiger charge is -2.29. The van der Waals surface area contributed by atoms with E-state index >= 15 is 0 Å². The van der Waals surface area contributed by atoms with Crippen molar-refractivity contribution in [3.8, 4) is 0 Å². The summed E-state index contributed by atoms with van der Waals surface area (Å²) in [7, 11) is 0. The molecule has 0 radical (unpaired) electrons. The Kier molecular flexibility index (Phi) is 4.40. The molecule has 0 saturated carbocycles. The van der Waals surface area contributed by atoms with Crippen LogP contribution in [-0.2, 0) is 11.3 Å². The van der Waals surface area contributed by atoms with Gasteiger partial charge in [0.2, 0.25) is 5.91 Å². The van der Waals surface area contributed by atoms with Crippen molar-refractivity contribution in [2.75, 3.05) is 0 Å². The molecule has 3 N–H and O–H groups in total. The van der Waals surface area contributed by atoms with E-state index in [4.69, 9.17) is 5.73 Å². The van der Waals surface area contributed by atoms with Gasteiger partial charge in [0.15, 0.2) is 11.6 Å². The molecule has 1 aromatic carbocycles. The third kappa shape index (κ3) is 3.50. The highest BCUT2D eigenvalue weighted by molar-refractivity contribution is 5.80. The third-order valence-corrected chi connectivity index (χ3v) is 2.68. The molecular formula is C13H18F2N2O. The number of hydrogen-bond acceptors (Lipinski definition) is 2. The Bertz CT molecular complexity index is 441. The van der Waals surface area contributed by atoms with Crippen molar-refractivity contribution in [2.45, 2.75) is 33.4 Å². The van der Waals surface area contributed by atoms with E-state index in [2.05, 4.69) is 5.32 Å². The van der Waals surface area contributed by atoms with Gasteiger partial charge in [0, 0.05) is 12.1 Å². The van der Waals surface area contributed by atoms with Gasteiger partial charge in [0.1, 0.15) is 0 Å². The number of nitrogens with one attached hydrogen (secondary N) is 1. The fourth-order valence-corrected chi connectivity index (χ4v) is 1.73. The van der Waals surface area contributed by atoms with Gasteiger partial charge in [0.25, 0.3) is 0 Å². The summed E-state index contributed by atoms with van der Waals surface area (Å²) in [6.07, 6.45) is 0. The molecule has 0 heterocycles. The van der Waals surface area contributed by atoms with E-state index in [1.54, 1.807) is 0 Å². The minimum Gasteiger partial charge on any atom is -0.368 e. The third-order valence-electron chi connectivity index (χ3n) is 2.68. The molecule has 1 rings (SSSR count). The van der Waals surface area contributed by atoms with Crippen LogP contribution >= 0.6 is 0 Å². The summed E-state index contributed by atoms with van der Waals surface area (Å²) in [4.78, 5) is 11.3. The van der Waals surface area contributed by atoms with E-state index in [1.165, 1.54) is 12.1 Å². The molecule has 0 aliphatic heterocycles. The smallest absolute Gasteiger partial charge is 0.235 e. The molecule has 5 heteroatoms. The fraction of sp³-hybridized carbons (Fsp3) is 0.462. The summed E-state index contributed by atoms with van der Waals surface area (Å²) in [5, 5.41) is 2.86. The maximum Gasteiger partial charge on any atom is 0.235 e. The summed E-state index contributed by atoms with van der Waals surface area (Å²) in [6, 6.07) is 3.33. The van der Waals surface area contributed by atoms with Gasteiger partial charge >= 0.3 is 0 Å². The lowest BCUT2D eigenvalue weighted by Crippen LogP contribution is -2.49. The number of hydrogen-bond donors (Lipinski definition) is 2. The number of amides is 1. The number of nitrogens with two attached hydrogens (primary N) is 1. The van der Waals surface area contributed by atoms with Gasteiger partial charge in [-0.05, 0) is 11.5 Å². The molecule has 1 aromatic rings. The zero-order chi connectivity index (χ0) is 13.9. The van der Waals surface area contributed by atoms with Crippen LogP contribution in [0.15, 0.2) is 18.2 Å². The van der Waals surface area contributed by atoms with Crippen LogP contribution in [0.1, 0.15) is 26.3 Å². The van der Waals surface area contributed by atoms with E-state index in [0.717, 1.165) is 6.07 Å². The predicted octanol–water partition coefficient (Wildman–Crippen LogP) is 1.95. The second-order valence-electron chi connectivity index (χ2n) is 5.30. The molecule has 1 amide bonds. The Morgan fingerprint density at radius 2 is 2.00 bits per heavy atom. The van der Waals surface area contributed by atoms with Gasteiger partial charge in [-0.1, -0.05) is 32.9 Å². The minimum absolute atomic E-state index is 0.0501. The summed E-state index contributed by atoms with van der Waals surface area (Å²) in [6.45, 7) is 5.58. The number of carbonyl (C=O) groups excluding carboxylic acids is 1. The van der Waals surface area contributed by atoms with Gasteiger partial charge in [-0.25, -0.2) is 8.78 Å². The molecule has 0 saturated heterocycles. The highest BCUT2D eigenvalue weighted by Crippen LogP contribution is 2.20. The van der Waals surface area contributed by atoms with E-state index in [-0.39, 0.29) is 12.1 Å². The molecule has 0 spiro atoms. The first-order valence-electron chi connectivity index (χ1n) is 5.69. The first-order chi connectivity index (χ1) is 8.23. The second-order valence-corrected chi connectivity index (χ2v) is 5.30. The Morgan fingerprint density at radius 1 is 1.39 bits per heavy atom. The Hall–Kier alpha value is -1.49. The second kappa shape index (κ2) is 5.44. The summed E-state index contributed by atoms with van der Waals surface area (Å²) in [5.41, 5.74) is 5.06. The average Bonchev–Trinajstić information content (AvgIpc) is 2.22. The van der Waals surface area contributed by atoms with Gasteiger partial charge in [-0.3, -0.25) is 4.79 Å². The lowest BCUT2D eigenvalue weighted by molar-refractivity contribution is -0.122. The molecule has 0 aliphatic rings. The lowest BCUT2D eigenvalue weighted by atomic mass is 9.86. The topological polar surface area (TPSA) is 55.1 Å². The molecule has 3 nitrogen and oxygen atoms in total. The van der Waals surface area contributed by atoms with Crippen molar-refractivity contribution >= 4 is 5.91 Å². The SMILES string of the molecule is CC(C)(C)C(NCc1cccc(F)c1F)C(N)=O. The summed E-state index contributed by atoms with van der Waals surface area (Å²) < 4.78 is 26.4. The molecular weight excluding hydrogens is 238 g/mol. The number of benzene rings is 1. The fourth-order valence-electron chi connectivity index (χ4n) is 1.73. The predicted molar refractivity (Wildman–Crippen MR) is 65.6 cm³/mol. The van der Waals surface area contributed by atoms with Crippen LogP contribution in [0.4, 0.5) is 8.78 Å². The largest absolute Gasteiger partial charge is 0.368 e. The van der Waals surface area contributed by atoms with Gasteiger partial charge in [0.05, 0.1) is 6.04 Å². The van der Waals surface area contributed by atoms with Gasteiger partial charge < -0.3 is 11.1 Å². The molecule has 1 atom stereocenters. The Balaban J connectivity index is 2.80. The quantitative estimate of drug-likeness (QED) is 0.865. The monoisotopic (exact) mass is 256 g/mol. The molecule has 0 aromatic heterocycles. The van der Waals surface area contributed by atoms with Gasteiger partial charge in [-0.15, -0.1) is 0 Å². The van der Waals surface area contributed by atoms with Crippen LogP contribution in [0.3, 0.4) is 0 Å². The Morgan fingerprint density at radius 3 is 2.50 bits per heavy atom. The Labute approximate surface area is 105 Å². The summed E-state index contributed by atoms with van der Waals surface area (Å²) in [5.74, 6) is -2.32. The van der Waals surface area contributed by atoms with Crippen LogP contribution in [0.5, 0.6) is 0 Å². The standard InChI is InChI=1S/C13H18F2N2O/c1-13(2,3)11(12(16)18)17-7-8-5-4-6-9(14)10(8)15/h4-6,11,17H,7H2,1-3H3,(H2,16,18). The van der Waals surface area contributed by atoms with Crippen LogP contribution < -0.4 is 11.1 Å². The first kappa shape index (κ1) is 14.6. The average molecular weight is 256 g/mol. The van der Waals surface area contributed by atoms with Crippen molar-refractivity contribution in [1.82, 2.24) is 5.32 Å². The van der Waals surface area contributed by atoms with Crippen molar-refractivity contribution in [1.29, 1.82) is 0 Å². The zero-order valence-electron chi connectivity index (χ0n) is 10.8. The first-order valence-corrected chi connectivity index (χ1v) is 5.69. The van der Waals surface area contributed by atoms with E-state index in [9.17, 15) is 13.6 Å². The number of halogens is 2. The van der Waals surface area contributed by atoms with Crippen molar-refractivity contribution in [3.05, 3.63) is 35.4 Å². The zero-order valence-corrected chi connectivity index (χ0v) is 10.8. The molecule has 0 fully saturated rings. The van der Waals surface area contributed by atoms with E-state index < -0.39 is 29.0 Å². The molecule has 0 bridgehead atoms. The molecule has 0 aliphatic carbocycles. The van der Waals surface area contributed by atoms with Crippen LogP contribution in [0, 0.1) is 17.0 Å². The minimum atomic E-state index is -0.902. The van der Waals surface area contributed by atoms with Crippen molar-refractivity contribution in [3.63, 3.8) is 0 Å². The highest BCUT2D eigenvalue weighted by atomic mass is 19.2. The van der Waals surface area contributed by atoms with Crippen molar-refractivity contribution < 1.29 is 13.6 Å². The maximum absolute atomic E-state index is 13.4. The molecule has 1 unspecified atom stereocenters. The van der Waals surface area contributed by atoms with Crippen LogP contribution in [0.2, 0.25) is 0 Å². The highest BCUT2D eigenvalue weighted by Gasteiger charge is 2.29. The van der Waals surface area contributed by atoms with E-state index in [0.29, 0.717) is 0 Å². The van der Waals surface area contributed by atoms with Crippen LogP contribution in [0.25, 0.3) is 0 Å². The number of rotatable bonds is 4.